The number of aromatic hydroxyl groups is 3. The van der Waals surface area contributed by atoms with E-state index in [0.29, 0.717) is 14.7 Å². The fourth-order valence-electron chi connectivity index (χ4n) is 3.49. The predicted octanol–water partition coefficient (Wildman–Crippen LogP) is 7.56. The maximum absolute atomic E-state index is 13.9. The van der Waals surface area contributed by atoms with E-state index in [2.05, 4.69) is 0 Å². The van der Waals surface area contributed by atoms with E-state index in [1.54, 1.807) is 36.4 Å². The van der Waals surface area contributed by atoms with Crippen molar-refractivity contribution in [2.75, 3.05) is 0 Å². The summed E-state index contributed by atoms with van der Waals surface area (Å²) < 4.78 is 124. The van der Waals surface area contributed by atoms with Crippen LogP contribution in [0.1, 0.15) is 11.1 Å². The molecule has 4 rings (SSSR count). The molecule has 0 saturated heterocycles. The van der Waals surface area contributed by atoms with Crippen LogP contribution in [0.15, 0.2) is 106 Å². The lowest BCUT2D eigenvalue weighted by molar-refractivity contribution is -0.143. The van der Waals surface area contributed by atoms with Gasteiger partial charge in [0.15, 0.2) is 24.6 Å². The summed E-state index contributed by atoms with van der Waals surface area (Å²) in [6.45, 7) is -5.95. The highest BCUT2D eigenvalue weighted by molar-refractivity contribution is 8.03. The lowest BCUT2D eigenvalue weighted by Crippen LogP contribution is -2.36. The summed E-state index contributed by atoms with van der Waals surface area (Å²) in [4.78, 5) is 1.60. The maximum atomic E-state index is 13.9. The normalized spacial score (nSPS) is 12.4. The minimum atomic E-state index is -5.95. The van der Waals surface area contributed by atoms with Gasteiger partial charge in [0.2, 0.25) is 0 Å². The highest BCUT2D eigenvalue weighted by atomic mass is 32.2. The quantitative estimate of drug-likeness (QED) is 0.127. The Balaban J connectivity index is 0.000000233. The highest BCUT2D eigenvalue weighted by Gasteiger charge is 2.40. The Kier molecular flexibility index (Phi) is 8.72. The molecule has 4 nitrogen and oxygen atoms in total. The molecule has 0 heterocycles. The third kappa shape index (κ3) is 7.54. The number of halogens is 9. The van der Waals surface area contributed by atoms with E-state index in [-0.39, 0.29) is 35.4 Å². The van der Waals surface area contributed by atoms with Crippen LogP contribution in [0, 0.1) is 0 Å². The first kappa shape index (κ1) is 31.4. The molecule has 0 spiro atoms. The fraction of sp³-hybridized carbons (Fsp3) is 0.0769. The van der Waals surface area contributed by atoms with E-state index in [4.69, 9.17) is 0 Å². The predicted molar refractivity (Wildman–Crippen MR) is 132 cm³/mol. The van der Waals surface area contributed by atoms with Gasteiger partial charge in [0.05, 0.1) is 11.1 Å². The van der Waals surface area contributed by atoms with Crippen LogP contribution in [-0.2, 0) is 26.5 Å². The lowest BCUT2D eigenvalue weighted by Gasteiger charge is -2.19. The number of benzene rings is 4. The largest absolute Gasteiger partial charge is 0.509 e. The Morgan fingerprint density at radius 1 is 0.512 bits per heavy atom. The molecular weight excluding hydrogens is 590 g/mol. The monoisotopic (exact) mass is 608 g/mol. The van der Waals surface area contributed by atoms with Crippen molar-refractivity contribution in [2.24, 2.45) is 0 Å². The molecule has 3 N–H and O–H groups in total. The van der Waals surface area contributed by atoms with Gasteiger partial charge in [-0.1, -0.05) is 16.3 Å². The van der Waals surface area contributed by atoms with Crippen LogP contribution in [-0.4, -0.2) is 22.3 Å². The van der Waals surface area contributed by atoms with Crippen molar-refractivity contribution in [3.8, 4) is 17.2 Å². The first-order valence-electron chi connectivity index (χ1n) is 11.2. The molecule has 4 aromatic rings. The summed E-state index contributed by atoms with van der Waals surface area (Å²) in [5.41, 5.74) is -5.89. The molecule has 15 heteroatoms. The van der Waals surface area contributed by atoms with Crippen LogP contribution < -0.4 is 5.46 Å². The molecule has 0 aromatic heterocycles. The second-order valence-corrected chi connectivity index (χ2v) is 11.0. The maximum Gasteiger partial charge on any atom is 0.509 e. The molecule has 0 saturated carbocycles. The molecule has 0 fully saturated rings. The van der Waals surface area contributed by atoms with Crippen molar-refractivity contribution in [1.29, 1.82) is 0 Å². The summed E-state index contributed by atoms with van der Waals surface area (Å²) in [7, 11) is -2.81. The van der Waals surface area contributed by atoms with Crippen LogP contribution in [0.4, 0.5) is 39.3 Å². The third-order valence-corrected chi connectivity index (χ3v) is 8.30. The summed E-state index contributed by atoms with van der Waals surface area (Å²) in [5, 5.41) is 28.4. The molecule has 0 radical (unpaired) electrons. The van der Waals surface area contributed by atoms with Gasteiger partial charge in [-0.15, -0.1) is 5.46 Å². The van der Waals surface area contributed by atoms with Crippen molar-refractivity contribution in [3.63, 3.8) is 0 Å². The minimum absolute atomic E-state index is 0.0897. The SMILES string of the molecule is F[B-](F)(F)c1cc(C(F)(F)F)cc(C(F)(F)F)c1.O=[S+](c1ccc(O)cc1)(c1ccc(O)cc1)c1ccc(O)cc1. The first-order chi connectivity index (χ1) is 18.8. The molecule has 41 heavy (non-hydrogen) atoms. The van der Waals surface area contributed by atoms with Crippen LogP contribution in [0.5, 0.6) is 17.2 Å². The minimum Gasteiger partial charge on any atom is -0.508 e. The molecule has 0 bridgehead atoms. The fourth-order valence-corrected chi connectivity index (χ4v) is 5.86. The molecule has 0 aliphatic carbocycles. The van der Waals surface area contributed by atoms with Crippen molar-refractivity contribution in [2.45, 2.75) is 27.0 Å². The van der Waals surface area contributed by atoms with Crippen LogP contribution >= 0.6 is 0 Å². The number of hydrogen-bond acceptors (Lipinski definition) is 4. The van der Waals surface area contributed by atoms with Gasteiger partial charge in [-0.25, -0.2) is 0 Å². The molecule has 0 unspecified atom stereocenters. The lowest BCUT2D eigenvalue weighted by atomic mass is 9.78. The van der Waals surface area contributed by atoms with Crippen molar-refractivity contribution in [1.82, 2.24) is 0 Å². The van der Waals surface area contributed by atoms with Gasteiger partial charge in [0, 0.05) is 0 Å². The molecule has 4 aromatic carbocycles. The molecule has 0 atom stereocenters. The highest BCUT2D eigenvalue weighted by Crippen LogP contribution is 2.38. The molecule has 0 aliphatic heterocycles. The van der Waals surface area contributed by atoms with Crippen molar-refractivity contribution >= 4 is 22.4 Å². The van der Waals surface area contributed by atoms with Gasteiger partial charge in [0.1, 0.15) is 17.2 Å². The van der Waals surface area contributed by atoms with Crippen LogP contribution in [0.2, 0.25) is 0 Å². The van der Waals surface area contributed by atoms with E-state index in [9.17, 15) is 58.8 Å². The van der Waals surface area contributed by atoms with Gasteiger partial charge in [-0.2, -0.15) is 26.3 Å². The Morgan fingerprint density at radius 3 is 1.00 bits per heavy atom. The summed E-state index contributed by atoms with van der Waals surface area (Å²) >= 11 is 0. The van der Waals surface area contributed by atoms with Crippen molar-refractivity contribution < 1.29 is 58.8 Å². The van der Waals surface area contributed by atoms with E-state index >= 15 is 0 Å². The average molecular weight is 608 g/mol. The van der Waals surface area contributed by atoms with E-state index in [1.165, 1.54) is 36.4 Å². The molecule has 0 amide bonds. The number of phenols is 3. The Bertz CT molecular complexity index is 1340. The van der Waals surface area contributed by atoms with Gasteiger partial charge in [-0.3, -0.25) is 0 Å². The number of rotatable bonds is 4. The molecule has 218 valence electrons. The zero-order valence-corrected chi connectivity index (χ0v) is 21.1. The van der Waals surface area contributed by atoms with Crippen molar-refractivity contribution in [3.05, 3.63) is 102 Å². The van der Waals surface area contributed by atoms with Gasteiger partial charge in [0.25, 0.3) is 0 Å². The van der Waals surface area contributed by atoms with Gasteiger partial charge >= 0.3 is 19.3 Å². The Labute approximate surface area is 227 Å². The van der Waals surface area contributed by atoms with Gasteiger partial charge < -0.3 is 28.3 Å². The Morgan fingerprint density at radius 2 is 0.780 bits per heavy atom. The number of alkyl halides is 6. The van der Waals surface area contributed by atoms with Crippen LogP contribution in [0.25, 0.3) is 0 Å². The smallest absolute Gasteiger partial charge is 0.508 e. The second kappa shape index (κ2) is 11.4. The van der Waals surface area contributed by atoms with E-state index in [1.807, 2.05) is 0 Å². The Hall–Kier alpha value is -4.14. The van der Waals surface area contributed by atoms with E-state index in [0.717, 1.165) is 0 Å². The van der Waals surface area contributed by atoms with Crippen LogP contribution in [0.3, 0.4) is 0 Å². The zero-order valence-electron chi connectivity index (χ0n) is 20.3. The topological polar surface area (TPSA) is 77.8 Å². The summed E-state index contributed by atoms with van der Waals surface area (Å²) in [6.07, 6.45) is -10.6. The van der Waals surface area contributed by atoms with E-state index < -0.39 is 45.9 Å². The van der Waals surface area contributed by atoms with Gasteiger partial charge in [-0.05, 0) is 78.9 Å². The number of hydrogen-bond donors (Lipinski definition) is 3. The summed E-state index contributed by atoms with van der Waals surface area (Å²) in [5.74, 6) is 0.269. The average Bonchev–Trinajstić information content (AvgIpc) is 2.88. The summed E-state index contributed by atoms with van der Waals surface area (Å²) in [6, 6.07) is 17.5. The second-order valence-electron chi connectivity index (χ2n) is 8.45. The molecule has 0 aliphatic rings. The molecular formula is C26H18BF9O4S. The zero-order chi connectivity index (χ0) is 30.8. The standard InChI is InChI=1S/C18H14O4S.C8H3BF9/c19-13-1-7-16(8-2-13)23(22,17-9-3-14(20)4-10-17)18-11-5-15(21)6-12-18;10-7(11,12)4-1-5(8(13,14)15)3-6(2-4)9(16,17)18/h1-12H,(H2-,19,20,21,22);1-3H/q;-1/p+1. The number of phenolic OH excluding ortho intramolecular Hbond substituents is 3. The first-order valence-corrected chi connectivity index (χ1v) is 12.8. The third-order valence-electron chi connectivity index (χ3n) is 5.49.